The molecular formula is C11H18N2O3. The first-order valence-corrected chi connectivity index (χ1v) is 5.40. The molecule has 1 atom stereocenters. The number of carboxylic acids is 1. The van der Waals surface area contributed by atoms with Gasteiger partial charge in [0, 0.05) is 26.2 Å². The van der Waals surface area contributed by atoms with Crippen LogP contribution in [0.1, 0.15) is 19.3 Å². The lowest BCUT2D eigenvalue weighted by molar-refractivity contribution is -0.137. The van der Waals surface area contributed by atoms with E-state index in [0.29, 0.717) is 13.1 Å². The first-order valence-electron chi connectivity index (χ1n) is 5.40. The van der Waals surface area contributed by atoms with Gasteiger partial charge in [-0.2, -0.15) is 0 Å². The summed E-state index contributed by atoms with van der Waals surface area (Å²) in [5.74, 6) is -0.851. The van der Waals surface area contributed by atoms with Crippen LogP contribution in [0.4, 0.5) is 4.79 Å². The Balaban J connectivity index is 2.59. The molecule has 1 unspecified atom stereocenters. The normalized spacial score (nSPS) is 19.6. The second-order valence-electron chi connectivity index (χ2n) is 4.04. The lowest BCUT2D eigenvalue weighted by atomic mass is 10.1. The molecule has 1 aliphatic heterocycles. The predicted molar refractivity (Wildman–Crippen MR) is 60.2 cm³/mol. The number of likely N-dealkylation sites (tertiary alicyclic amines) is 1. The minimum atomic E-state index is -0.851. The molecule has 1 saturated heterocycles. The summed E-state index contributed by atoms with van der Waals surface area (Å²) in [6, 6.07) is -0.263. The Kier molecular flexibility index (Phi) is 4.34. The molecular weight excluding hydrogens is 208 g/mol. The quantitative estimate of drug-likeness (QED) is 0.732. The Morgan fingerprint density at radius 3 is 2.88 bits per heavy atom. The average molecular weight is 226 g/mol. The predicted octanol–water partition coefficient (Wildman–Crippen LogP) is 1.16. The zero-order chi connectivity index (χ0) is 12.1. The zero-order valence-electron chi connectivity index (χ0n) is 9.56. The number of hydrogen-bond donors (Lipinski definition) is 1. The van der Waals surface area contributed by atoms with Gasteiger partial charge in [-0.3, -0.25) is 4.79 Å². The van der Waals surface area contributed by atoms with Gasteiger partial charge in [0.05, 0.1) is 6.42 Å². The monoisotopic (exact) mass is 226 g/mol. The summed E-state index contributed by atoms with van der Waals surface area (Å²) in [4.78, 5) is 25.8. The fourth-order valence-electron chi connectivity index (χ4n) is 1.99. The molecule has 0 aromatic rings. The van der Waals surface area contributed by atoms with Gasteiger partial charge in [-0.25, -0.2) is 4.79 Å². The fraction of sp³-hybridized carbons (Fsp3) is 0.636. The van der Waals surface area contributed by atoms with Crippen molar-refractivity contribution in [2.24, 2.45) is 0 Å². The van der Waals surface area contributed by atoms with Gasteiger partial charge in [0.15, 0.2) is 0 Å². The van der Waals surface area contributed by atoms with Crippen LogP contribution in [-0.4, -0.2) is 53.1 Å². The number of likely N-dealkylation sites (N-methyl/N-ethyl adjacent to an activating group) is 1. The van der Waals surface area contributed by atoms with Gasteiger partial charge in [-0.15, -0.1) is 6.58 Å². The van der Waals surface area contributed by atoms with Crippen molar-refractivity contribution in [1.29, 1.82) is 0 Å². The summed E-state index contributed by atoms with van der Waals surface area (Å²) in [6.07, 6.45) is 3.35. The van der Waals surface area contributed by atoms with Crippen LogP contribution in [0.15, 0.2) is 12.7 Å². The number of rotatable bonds is 4. The largest absolute Gasteiger partial charge is 0.481 e. The summed E-state index contributed by atoms with van der Waals surface area (Å²) in [5.41, 5.74) is 0. The minimum absolute atomic E-state index is 0.0354. The Bertz CT molecular complexity index is 291. The van der Waals surface area contributed by atoms with E-state index >= 15 is 0 Å². The Labute approximate surface area is 95.3 Å². The summed E-state index contributed by atoms with van der Waals surface area (Å²) in [5, 5.41) is 8.75. The standard InChI is InChI=1S/C11H18N2O3/c1-3-6-12(2)11(16)13-7-4-5-9(13)8-10(14)15/h3,9H,1,4-8H2,2H3,(H,14,15). The number of amides is 2. The van der Waals surface area contributed by atoms with E-state index in [1.54, 1.807) is 22.9 Å². The van der Waals surface area contributed by atoms with Gasteiger partial charge in [-0.05, 0) is 12.8 Å². The van der Waals surface area contributed by atoms with E-state index in [4.69, 9.17) is 5.11 Å². The van der Waals surface area contributed by atoms with Gasteiger partial charge < -0.3 is 14.9 Å². The van der Waals surface area contributed by atoms with Crippen LogP contribution in [0.5, 0.6) is 0 Å². The van der Waals surface area contributed by atoms with Crippen molar-refractivity contribution in [3.8, 4) is 0 Å². The molecule has 5 nitrogen and oxygen atoms in total. The Morgan fingerprint density at radius 1 is 1.62 bits per heavy atom. The second-order valence-corrected chi connectivity index (χ2v) is 4.04. The molecule has 1 rings (SSSR count). The molecule has 5 heteroatoms. The molecule has 0 aliphatic carbocycles. The van der Waals surface area contributed by atoms with Crippen LogP contribution in [0, 0.1) is 0 Å². The number of hydrogen-bond acceptors (Lipinski definition) is 2. The number of carbonyl (C=O) groups excluding carboxylic acids is 1. The van der Waals surface area contributed by atoms with E-state index in [9.17, 15) is 9.59 Å². The highest BCUT2D eigenvalue weighted by molar-refractivity contribution is 5.76. The summed E-state index contributed by atoms with van der Waals surface area (Å²) < 4.78 is 0. The Hall–Kier alpha value is -1.52. The third-order valence-corrected chi connectivity index (χ3v) is 2.76. The first kappa shape index (κ1) is 12.5. The molecule has 1 N–H and O–H groups in total. The maximum atomic E-state index is 11.9. The van der Waals surface area contributed by atoms with Crippen LogP contribution >= 0.6 is 0 Å². The maximum absolute atomic E-state index is 11.9. The van der Waals surface area contributed by atoms with E-state index in [1.807, 2.05) is 0 Å². The SMILES string of the molecule is C=CCN(C)C(=O)N1CCCC1CC(=O)O. The molecule has 0 spiro atoms. The van der Waals surface area contributed by atoms with Crippen LogP contribution in [-0.2, 0) is 4.79 Å². The zero-order valence-corrected chi connectivity index (χ0v) is 9.56. The number of urea groups is 1. The van der Waals surface area contributed by atoms with E-state index in [2.05, 4.69) is 6.58 Å². The van der Waals surface area contributed by atoms with Gasteiger partial charge in [0.25, 0.3) is 0 Å². The third kappa shape index (κ3) is 2.98. The molecule has 1 fully saturated rings. The number of nitrogens with zero attached hydrogens (tertiary/aromatic N) is 2. The van der Waals surface area contributed by atoms with Crippen LogP contribution in [0.3, 0.4) is 0 Å². The van der Waals surface area contributed by atoms with Gasteiger partial charge in [0.2, 0.25) is 0 Å². The highest BCUT2D eigenvalue weighted by atomic mass is 16.4. The van der Waals surface area contributed by atoms with Crippen molar-refractivity contribution < 1.29 is 14.7 Å². The number of carboxylic acid groups (broad SMARTS) is 1. The molecule has 0 radical (unpaired) electrons. The molecule has 90 valence electrons. The number of carbonyl (C=O) groups is 2. The molecule has 2 amide bonds. The topological polar surface area (TPSA) is 60.9 Å². The highest BCUT2D eigenvalue weighted by Gasteiger charge is 2.31. The van der Waals surface area contributed by atoms with Crippen molar-refractivity contribution in [3.05, 3.63) is 12.7 Å². The summed E-state index contributed by atoms with van der Waals surface area (Å²) in [7, 11) is 1.69. The van der Waals surface area contributed by atoms with Gasteiger partial charge >= 0.3 is 12.0 Å². The molecule has 0 aromatic heterocycles. The lowest BCUT2D eigenvalue weighted by Crippen LogP contribution is -2.44. The molecule has 1 heterocycles. The first-order chi connectivity index (χ1) is 7.56. The fourth-order valence-corrected chi connectivity index (χ4v) is 1.99. The smallest absolute Gasteiger partial charge is 0.320 e. The summed E-state index contributed by atoms with van der Waals surface area (Å²) in [6.45, 7) is 4.70. The molecule has 0 aromatic carbocycles. The van der Waals surface area contributed by atoms with Crippen LogP contribution in [0.25, 0.3) is 0 Å². The van der Waals surface area contributed by atoms with Crippen molar-refractivity contribution >= 4 is 12.0 Å². The Morgan fingerprint density at radius 2 is 2.31 bits per heavy atom. The molecule has 1 aliphatic rings. The van der Waals surface area contributed by atoms with Gasteiger partial charge in [0.1, 0.15) is 0 Å². The second kappa shape index (κ2) is 5.53. The van der Waals surface area contributed by atoms with E-state index < -0.39 is 5.97 Å². The van der Waals surface area contributed by atoms with E-state index in [-0.39, 0.29) is 18.5 Å². The van der Waals surface area contributed by atoms with E-state index in [1.165, 1.54) is 0 Å². The maximum Gasteiger partial charge on any atom is 0.320 e. The minimum Gasteiger partial charge on any atom is -0.481 e. The molecule has 0 saturated carbocycles. The van der Waals surface area contributed by atoms with Crippen molar-refractivity contribution in [2.75, 3.05) is 20.1 Å². The molecule has 0 bridgehead atoms. The lowest BCUT2D eigenvalue weighted by Gasteiger charge is -2.28. The molecule has 16 heavy (non-hydrogen) atoms. The number of aliphatic carboxylic acids is 1. The average Bonchev–Trinajstić information content (AvgIpc) is 2.64. The van der Waals surface area contributed by atoms with Crippen LogP contribution in [0.2, 0.25) is 0 Å². The van der Waals surface area contributed by atoms with Crippen molar-refractivity contribution in [2.45, 2.75) is 25.3 Å². The van der Waals surface area contributed by atoms with Crippen molar-refractivity contribution in [3.63, 3.8) is 0 Å². The highest BCUT2D eigenvalue weighted by Crippen LogP contribution is 2.21. The third-order valence-electron chi connectivity index (χ3n) is 2.76. The van der Waals surface area contributed by atoms with Crippen molar-refractivity contribution in [1.82, 2.24) is 9.80 Å². The summed E-state index contributed by atoms with van der Waals surface area (Å²) >= 11 is 0. The van der Waals surface area contributed by atoms with Crippen LogP contribution < -0.4 is 0 Å². The van der Waals surface area contributed by atoms with E-state index in [0.717, 1.165) is 12.8 Å². The van der Waals surface area contributed by atoms with Gasteiger partial charge in [-0.1, -0.05) is 6.08 Å².